The van der Waals surface area contributed by atoms with Gasteiger partial charge in [-0.2, -0.15) is 0 Å². The van der Waals surface area contributed by atoms with Gasteiger partial charge in [0.25, 0.3) is 5.56 Å². The number of fused-ring (bicyclic) bond motifs is 3. The third-order valence-electron chi connectivity index (χ3n) is 3.94. The summed E-state index contributed by atoms with van der Waals surface area (Å²) in [5, 5.41) is 4.05. The Kier molecular flexibility index (Phi) is 3.28. The Hall–Kier alpha value is -2.05. The van der Waals surface area contributed by atoms with Crippen molar-refractivity contribution in [2.45, 2.75) is 19.5 Å². The van der Waals surface area contributed by atoms with Crippen LogP contribution in [0.1, 0.15) is 16.0 Å². The van der Waals surface area contributed by atoms with Crippen LogP contribution in [0.2, 0.25) is 0 Å². The summed E-state index contributed by atoms with van der Waals surface area (Å²) < 4.78 is 14.9. The number of nitrogens with one attached hydrogen (secondary N) is 1. The Bertz CT molecular complexity index is 915. The lowest BCUT2D eigenvalue weighted by Gasteiger charge is -2.12. The van der Waals surface area contributed by atoms with Crippen molar-refractivity contribution in [1.29, 1.82) is 0 Å². The van der Waals surface area contributed by atoms with E-state index in [2.05, 4.69) is 10.3 Å². The lowest BCUT2D eigenvalue weighted by Crippen LogP contribution is -2.25. The number of thiophene rings is 1. The van der Waals surface area contributed by atoms with Crippen LogP contribution in [0, 0.1) is 5.82 Å². The standard InChI is InChI=1S/C16H14FN3OS/c17-11-3-1-2-10(6-11)8-20-9-19-15-14(16(20)21)12-4-5-18-7-13(12)22-15/h1-3,6,9,18H,4-5,7-8H2. The molecular formula is C16H14FN3OS. The van der Waals surface area contributed by atoms with Gasteiger partial charge in [0.2, 0.25) is 0 Å². The minimum Gasteiger partial charge on any atom is -0.312 e. The SMILES string of the molecule is O=c1c2c3c(sc2ncn1Cc1cccc(F)c1)CNCC3. The van der Waals surface area contributed by atoms with E-state index in [4.69, 9.17) is 0 Å². The van der Waals surface area contributed by atoms with E-state index >= 15 is 0 Å². The molecule has 4 rings (SSSR count). The van der Waals surface area contributed by atoms with Crippen molar-refractivity contribution >= 4 is 21.6 Å². The van der Waals surface area contributed by atoms with Gasteiger partial charge in [-0.3, -0.25) is 9.36 Å². The van der Waals surface area contributed by atoms with E-state index in [1.165, 1.54) is 17.0 Å². The van der Waals surface area contributed by atoms with Crippen LogP contribution in [0.25, 0.3) is 10.2 Å². The Labute approximate surface area is 130 Å². The summed E-state index contributed by atoms with van der Waals surface area (Å²) in [7, 11) is 0. The summed E-state index contributed by atoms with van der Waals surface area (Å²) >= 11 is 1.58. The summed E-state index contributed by atoms with van der Waals surface area (Å²) in [6, 6.07) is 6.31. The van der Waals surface area contributed by atoms with Crippen LogP contribution < -0.4 is 10.9 Å². The van der Waals surface area contributed by atoms with Crippen molar-refractivity contribution in [3.63, 3.8) is 0 Å². The number of aromatic nitrogens is 2. The molecule has 0 radical (unpaired) electrons. The smallest absolute Gasteiger partial charge is 0.262 e. The van der Waals surface area contributed by atoms with Gasteiger partial charge in [0.1, 0.15) is 10.6 Å². The zero-order chi connectivity index (χ0) is 15.1. The van der Waals surface area contributed by atoms with Gasteiger partial charge in [-0.1, -0.05) is 12.1 Å². The monoisotopic (exact) mass is 315 g/mol. The van der Waals surface area contributed by atoms with Gasteiger partial charge in [-0.15, -0.1) is 11.3 Å². The predicted octanol–water partition coefficient (Wildman–Crippen LogP) is 2.29. The summed E-state index contributed by atoms with van der Waals surface area (Å²) in [6.07, 6.45) is 2.42. The zero-order valence-corrected chi connectivity index (χ0v) is 12.6. The van der Waals surface area contributed by atoms with E-state index in [1.54, 1.807) is 28.3 Å². The van der Waals surface area contributed by atoms with Crippen molar-refractivity contribution in [3.8, 4) is 0 Å². The molecule has 0 amide bonds. The molecule has 0 unspecified atom stereocenters. The second-order valence-electron chi connectivity index (χ2n) is 5.42. The van der Waals surface area contributed by atoms with Gasteiger partial charge >= 0.3 is 0 Å². The third kappa shape index (κ3) is 2.24. The molecule has 22 heavy (non-hydrogen) atoms. The largest absolute Gasteiger partial charge is 0.312 e. The Morgan fingerprint density at radius 1 is 1.41 bits per heavy atom. The maximum absolute atomic E-state index is 13.3. The molecule has 6 heteroatoms. The quantitative estimate of drug-likeness (QED) is 0.789. The molecule has 4 nitrogen and oxygen atoms in total. The van der Waals surface area contributed by atoms with Crippen LogP contribution in [0.15, 0.2) is 35.4 Å². The highest BCUT2D eigenvalue weighted by molar-refractivity contribution is 7.18. The molecule has 0 aliphatic carbocycles. The van der Waals surface area contributed by atoms with Crippen LogP contribution >= 0.6 is 11.3 Å². The molecule has 3 heterocycles. The zero-order valence-electron chi connectivity index (χ0n) is 11.8. The van der Waals surface area contributed by atoms with Crippen LogP contribution in [0.5, 0.6) is 0 Å². The van der Waals surface area contributed by atoms with Crippen molar-refractivity contribution in [1.82, 2.24) is 14.9 Å². The summed E-state index contributed by atoms with van der Waals surface area (Å²) in [5.74, 6) is -0.293. The first kappa shape index (κ1) is 13.6. The van der Waals surface area contributed by atoms with Crippen molar-refractivity contribution in [2.75, 3.05) is 6.54 Å². The fraction of sp³-hybridized carbons (Fsp3) is 0.250. The fourth-order valence-corrected chi connectivity index (χ4v) is 4.04. The molecule has 112 valence electrons. The van der Waals surface area contributed by atoms with Gasteiger partial charge in [-0.05, 0) is 36.2 Å². The molecular weight excluding hydrogens is 301 g/mol. The minimum absolute atomic E-state index is 0.0336. The first-order valence-electron chi connectivity index (χ1n) is 7.17. The van der Waals surface area contributed by atoms with Crippen LogP contribution in [-0.2, 0) is 19.5 Å². The predicted molar refractivity (Wildman–Crippen MR) is 84.8 cm³/mol. The number of benzene rings is 1. The molecule has 1 aliphatic heterocycles. The molecule has 1 N–H and O–H groups in total. The highest BCUT2D eigenvalue weighted by Gasteiger charge is 2.19. The summed E-state index contributed by atoms with van der Waals surface area (Å²) in [5.41, 5.74) is 1.85. The molecule has 0 saturated carbocycles. The molecule has 0 bridgehead atoms. The van der Waals surface area contributed by atoms with Gasteiger partial charge in [0, 0.05) is 11.4 Å². The van der Waals surface area contributed by atoms with Gasteiger partial charge in [0.05, 0.1) is 18.3 Å². The van der Waals surface area contributed by atoms with Crippen LogP contribution in [0.4, 0.5) is 4.39 Å². The Morgan fingerprint density at radius 3 is 3.18 bits per heavy atom. The molecule has 2 aromatic heterocycles. The molecule has 1 aliphatic rings. The number of hydrogen-bond acceptors (Lipinski definition) is 4. The highest BCUT2D eigenvalue weighted by atomic mass is 32.1. The average Bonchev–Trinajstić information content (AvgIpc) is 2.89. The number of halogens is 1. The molecule has 0 spiro atoms. The van der Waals surface area contributed by atoms with Crippen molar-refractivity contribution in [3.05, 3.63) is 62.8 Å². The summed E-state index contributed by atoms with van der Waals surface area (Å²) in [6.45, 7) is 2.03. The van der Waals surface area contributed by atoms with Gasteiger partial charge in [0.15, 0.2) is 0 Å². The molecule has 3 aromatic rings. The topological polar surface area (TPSA) is 46.9 Å². The van der Waals surface area contributed by atoms with Crippen LogP contribution in [-0.4, -0.2) is 16.1 Å². The van der Waals surface area contributed by atoms with Gasteiger partial charge < -0.3 is 5.32 Å². The van der Waals surface area contributed by atoms with Gasteiger partial charge in [-0.25, -0.2) is 9.37 Å². The number of rotatable bonds is 2. The lowest BCUT2D eigenvalue weighted by atomic mass is 10.1. The highest BCUT2D eigenvalue weighted by Crippen LogP contribution is 2.29. The molecule has 0 atom stereocenters. The van der Waals surface area contributed by atoms with E-state index in [0.29, 0.717) is 6.54 Å². The second-order valence-corrected chi connectivity index (χ2v) is 6.50. The first-order chi connectivity index (χ1) is 10.7. The maximum Gasteiger partial charge on any atom is 0.262 e. The van der Waals surface area contributed by atoms with E-state index in [9.17, 15) is 9.18 Å². The Balaban J connectivity index is 1.82. The van der Waals surface area contributed by atoms with E-state index in [-0.39, 0.29) is 11.4 Å². The lowest BCUT2D eigenvalue weighted by molar-refractivity contribution is 0.622. The fourth-order valence-electron chi connectivity index (χ4n) is 2.89. The second kappa shape index (κ2) is 5.30. The van der Waals surface area contributed by atoms with Crippen LogP contribution in [0.3, 0.4) is 0 Å². The van der Waals surface area contributed by atoms with Crippen molar-refractivity contribution < 1.29 is 4.39 Å². The summed E-state index contributed by atoms with van der Waals surface area (Å²) in [4.78, 5) is 19.2. The molecule has 0 saturated heterocycles. The van der Waals surface area contributed by atoms with Crippen molar-refractivity contribution in [2.24, 2.45) is 0 Å². The number of hydrogen-bond donors (Lipinski definition) is 1. The van der Waals surface area contributed by atoms with E-state index in [1.807, 2.05) is 6.07 Å². The molecule has 1 aromatic carbocycles. The first-order valence-corrected chi connectivity index (χ1v) is 7.99. The third-order valence-corrected chi connectivity index (χ3v) is 5.08. The molecule has 0 fully saturated rings. The average molecular weight is 315 g/mol. The normalized spacial score (nSPS) is 14.2. The Morgan fingerprint density at radius 2 is 2.32 bits per heavy atom. The van der Waals surface area contributed by atoms with E-state index < -0.39 is 0 Å². The number of nitrogens with zero attached hydrogens (tertiary/aromatic N) is 2. The minimum atomic E-state index is -0.293. The maximum atomic E-state index is 13.3. The van der Waals surface area contributed by atoms with E-state index in [0.717, 1.165) is 40.9 Å².